The number of carbonyl (C=O) groups is 2. The SMILES string of the molecule is CC(=O)Nc1cccc(-c2cc(C)c3c(c2)CC#CC3=O)c1. The van der Waals surface area contributed by atoms with Crippen LogP contribution in [0.25, 0.3) is 11.1 Å². The zero-order valence-electron chi connectivity index (χ0n) is 12.5. The van der Waals surface area contributed by atoms with Gasteiger partial charge in [-0.1, -0.05) is 24.1 Å². The van der Waals surface area contributed by atoms with Crippen LogP contribution in [0.2, 0.25) is 0 Å². The minimum atomic E-state index is -0.0997. The Hall–Kier alpha value is -2.86. The van der Waals surface area contributed by atoms with E-state index in [1.165, 1.54) is 6.92 Å². The summed E-state index contributed by atoms with van der Waals surface area (Å²) in [7, 11) is 0. The van der Waals surface area contributed by atoms with E-state index in [9.17, 15) is 9.59 Å². The van der Waals surface area contributed by atoms with Crippen molar-refractivity contribution in [2.75, 3.05) is 5.32 Å². The lowest BCUT2D eigenvalue weighted by Gasteiger charge is -2.14. The number of carbonyl (C=O) groups excluding carboxylic acids is 2. The first-order valence-corrected chi connectivity index (χ1v) is 7.09. The van der Waals surface area contributed by atoms with Gasteiger partial charge in [0, 0.05) is 24.6 Å². The standard InChI is InChI=1S/C19H15NO2/c1-12-9-16(10-15-6-4-8-18(22)19(12)15)14-5-3-7-17(11-14)20-13(2)21/h3,5,7,9-11H,6H2,1-2H3,(H,20,21). The van der Waals surface area contributed by atoms with Crippen molar-refractivity contribution in [3.8, 4) is 23.0 Å². The summed E-state index contributed by atoms with van der Waals surface area (Å²) < 4.78 is 0. The molecule has 1 aliphatic rings. The van der Waals surface area contributed by atoms with E-state index < -0.39 is 0 Å². The first-order valence-electron chi connectivity index (χ1n) is 7.09. The molecule has 3 heteroatoms. The number of rotatable bonds is 2. The average Bonchev–Trinajstić information content (AvgIpc) is 2.46. The summed E-state index contributed by atoms with van der Waals surface area (Å²) in [6.07, 6.45) is 0.598. The summed E-state index contributed by atoms with van der Waals surface area (Å²) >= 11 is 0. The Bertz CT molecular complexity index is 853. The van der Waals surface area contributed by atoms with Crippen molar-refractivity contribution < 1.29 is 9.59 Å². The van der Waals surface area contributed by atoms with E-state index in [2.05, 4.69) is 17.2 Å². The van der Waals surface area contributed by atoms with E-state index in [1.54, 1.807) is 0 Å². The fourth-order valence-electron chi connectivity index (χ4n) is 2.75. The third-order valence-electron chi connectivity index (χ3n) is 3.64. The molecule has 0 aliphatic heterocycles. The summed E-state index contributed by atoms with van der Waals surface area (Å²) in [6, 6.07) is 11.7. The van der Waals surface area contributed by atoms with Gasteiger partial charge in [-0.3, -0.25) is 9.59 Å². The molecule has 0 radical (unpaired) electrons. The van der Waals surface area contributed by atoms with Gasteiger partial charge in [0.25, 0.3) is 0 Å². The highest BCUT2D eigenvalue weighted by molar-refractivity contribution is 6.12. The highest BCUT2D eigenvalue weighted by Crippen LogP contribution is 2.28. The van der Waals surface area contributed by atoms with E-state index in [0.717, 1.165) is 33.5 Å². The molecule has 0 aromatic heterocycles. The Balaban J connectivity index is 2.06. The van der Waals surface area contributed by atoms with Crippen LogP contribution in [0.3, 0.4) is 0 Å². The Morgan fingerprint density at radius 3 is 2.77 bits per heavy atom. The maximum Gasteiger partial charge on any atom is 0.236 e. The number of fused-ring (bicyclic) bond motifs is 1. The molecule has 0 unspecified atom stereocenters. The molecule has 22 heavy (non-hydrogen) atoms. The topological polar surface area (TPSA) is 46.2 Å². The first-order chi connectivity index (χ1) is 10.5. The minimum Gasteiger partial charge on any atom is -0.326 e. The highest BCUT2D eigenvalue weighted by Gasteiger charge is 2.17. The molecule has 0 spiro atoms. The van der Waals surface area contributed by atoms with Gasteiger partial charge in [0.1, 0.15) is 0 Å². The number of hydrogen-bond donors (Lipinski definition) is 1. The second-order valence-electron chi connectivity index (χ2n) is 5.40. The van der Waals surface area contributed by atoms with Gasteiger partial charge in [-0.05, 0) is 53.3 Å². The zero-order chi connectivity index (χ0) is 15.7. The fourth-order valence-corrected chi connectivity index (χ4v) is 2.75. The van der Waals surface area contributed by atoms with Crippen molar-refractivity contribution in [2.45, 2.75) is 20.3 Å². The van der Waals surface area contributed by atoms with Gasteiger partial charge < -0.3 is 5.32 Å². The molecule has 0 atom stereocenters. The van der Waals surface area contributed by atoms with Crippen molar-refractivity contribution in [3.05, 3.63) is 53.1 Å². The number of aryl methyl sites for hydroxylation is 1. The van der Waals surface area contributed by atoms with Gasteiger partial charge in [-0.15, -0.1) is 0 Å². The Kier molecular flexibility index (Phi) is 3.52. The zero-order valence-corrected chi connectivity index (χ0v) is 12.5. The van der Waals surface area contributed by atoms with Gasteiger partial charge in [0.05, 0.1) is 0 Å². The molecule has 1 amide bonds. The largest absolute Gasteiger partial charge is 0.326 e. The third-order valence-corrected chi connectivity index (χ3v) is 3.64. The second kappa shape index (κ2) is 5.50. The molecule has 0 fully saturated rings. The Morgan fingerprint density at radius 2 is 2.00 bits per heavy atom. The van der Waals surface area contributed by atoms with Crippen LogP contribution < -0.4 is 5.32 Å². The van der Waals surface area contributed by atoms with Crippen LogP contribution in [0.15, 0.2) is 36.4 Å². The minimum absolute atomic E-state index is 0.0976. The fraction of sp³-hybridized carbons (Fsp3) is 0.158. The second-order valence-corrected chi connectivity index (χ2v) is 5.40. The van der Waals surface area contributed by atoms with Crippen molar-refractivity contribution in [3.63, 3.8) is 0 Å². The van der Waals surface area contributed by atoms with Crippen LogP contribution >= 0.6 is 0 Å². The number of benzene rings is 2. The van der Waals surface area contributed by atoms with Crippen molar-refractivity contribution in [2.24, 2.45) is 0 Å². The van der Waals surface area contributed by atoms with Gasteiger partial charge in [-0.25, -0.2) is 0 Å². The molecule has 0 bridgehead atoms. The molecule has 3 rings (SSSR count). The number of Topliss-reactive ketones (excluding diaryl/α,β-unsaturated/α-hetero) is 1. The lowest BCUT2D eigenvalue weighted by atomic mass is 9.89. The molecule has 1 aliphatic carbocycles. The molecule has 1 N–H and O–H groups in total. The summed E-state index contributed by atoms with van der Waals surface area (Å²) in [4.78, 5) is 23.1. The maximum atomic E-state index is 11.9. The molecule has 0 saturated heterocycles. The Labute approximate surface area is 129 Å². The molecule has 2 aromatic carbocycles. The van der Waals surface area contributed by atoms with Crippen molar-refractivity contribution in [1.82, 2.24) is 0 Å². The van der Waals surface area contributed by atoms with Gasteiger partial charge >= 0.3 is 0 Å². The van der Waals surface area contributed by atoms with E-state index >= 15 is 0 Å². The van der Waals surface area contributed by atoms with E-state index in [1.807, 2.05) is 43.3 Å². The van der Waals surface area contributed by atoms with Crippen LogP contribution in [0, 0.1) is 18.8 Å². The normalized spacial score (nSPS) is 12.2. The average molecular weight is 289 g/mol. The first kappa shape index (κ1) is 14.1. The Morgan fingerprint density at radius 1 is 1.18 bits per heavy atom. The molecule has 108 valence electrons. The number of hydrogen-bond acceptors (Lipinski definition) is 2. The van der Waals surface area contributed by atoms with Crippen molar-refractivity contribution in [1.29, 1.82) is 0 Å². The summed E-state index contributed by atoms with van der Waals surface area (Å²) in [5.74, 6) is 5.31. The van der Waals surface area contributed by atoms with E-state index in [-0.39, 0.29) is 11.7 Å². The number of nitrogens with one attached hydrogen (secondary N) is 1. The predicted octanol–water partition coefficient (Wildman–Crippen LogP) is 3.36. The maximum absolute atomic E-state index is 11.9. The van der Waals surface area contributed by atoms with Crippen LogP contribution in [-0.4, -0.2) is 11.7 Å². The monoisotopic (exact) mass is 289 g/mol. The number of ketones is 1. The van der Waals surface area contributed by atoms with Crippen LogP contribution in [-0.2, 0) is 11.2 Å². The van der Waals surface area contributed by atoms with Gasteiger partial charge in [0.2, 0.25) is 11.7 Å². The third kappa shape index (κ3) is 2.64. The lowest BCUT2D eigenvalue weighted by Crippen LogP contribution is -2.08. The number of anilines is 1. The predicted molar refractivity (Wildman–Crippen MR) is 86.7 cm³/mol. The van der Waals surface area contributed by atoms with Crippen LogP contribution in [0.5, 0.6) is 0 Å². The highest BCUT2D eigenvalue weighted by atomic mass is 16.1. The van der Waals surface area contributed by atoms with Crippen LogP contribution in [0.1, 0.15) is 28.4 Å². The summed E-state index contributed by atoms with van der Waals surface area (Å²) in [5, 5.41) is 2.78. The lowest BCUT2D eigenvalue weighted by molar-refractivity contribution is -0.114. The van der Waals surface area contributed by atoms with Crippen molar-refractivity contribution >= 4 is 17.4 Å². The van der Waals surface area contributed by atoms with E-state index in [4.69, 9.17) is 0 Å². The number of amides is 1. The van der Waals surface area contributed by atoms with E-state index in [0.29, 0.717) is 6.42 Å². The molecule has 3 nitrogen and oxygen atoms in total. The summed E-state index contributed by atoms with van der Waals surface area (Å²) in [5.41, 5.74) is 5.44. The molecular formula is C19H15NO2. The molecule has 0 heterocycles. The summed E-state index contributed by atoms with van der Waals surface area (Å²) in [6.45, 7) is 3.42. The smallest absolute Gasteiger partial charge is 0.236 e. The van der Waals surface area contributed by atoms with Gasteiger partial charge in [0.15, 0.2) is 0 Å². The van der Waals surface area contributed by atoms with Crippen LogP contribution in [0.4, 0.5) is 5.69 Å². The van der Waals surface area contributed by atoms with Gasteiger partial charge in [-0.2, -0.15) is 0 Å². The quantitative estimate of drug-likeness (QED) is 0.680. The molecule has 0 saturated carbocycles. The molecular weight excluding hydrogens is 274 g/mol. The molecule has 2 aromatic rings.